The number of anilines is 2. The molecule has 3 N–H and O–H groups in total. The van der Waals surface area contributed by atoms with Gasteiger partial charge >= 0.3 is 6.03 Å². The van der Waals surface area contributed by atoms with Gasteiger partial charge in [-0.1, -0.05) is 19.1 Å². The van der Waals surface area contributed by atoms with E-state index in [0.29, 0.717) is 5.69 Å². The number of hydrogen-bond donors (Lipinski definition) is 3. The number of aromatic nitrogens is 2. The average molecular weight is 287 g/mol. The van der Waals surface area contributed by atoms with Crippen LogP contribution in [0.3, 0.4) is 0 Å². The molecule has 1 unspecified atom stereocenters. The van der Waals surface area contributed by atoms with Crippen molar-refractivity contribution in [3.8, 4) is 0 Å². The van der Waals surface area contributed by atoms with Gasteiger partial charge in [-0.25, -0.2) is 4.79 Å². The number of hydrogen-bond acceptors (Lipinski definition) is 3. The summed E-state index contributed by atoms with van der Waals surface area (Å²) in [4.78, 5) is 11.9. The number of rotatable bonds is 5. The molecule has 0 aliphatic carbocycles. The first-order chi connectivity index (χ1) is 10.1. The molecular weight excluding hydrogens is 266 g/mol. The topological polar surface area (TPSA) is 71.0 Å². The summed E-state index contributed by atoms with van der Waals surface area (Å²) in [6, 6.07) is 7.77. The SMILES string of the molecule is CCNC(C)c1cccc(NC(=O)Nc2cnn(C)c2)c1. The van der Waals surface area contributed by atoms with E-state index in [9.17, 15) is 4.79 Å². The standard InChI is InChI=1S/C15H21N5O/c1-4-16-11(2)12-6-5-7-13(8-12)18-15(21)19-14-9-17-20(3)10-14/h5-11,16H,4H2,1-3H3,(H2,18,19,21). The van der Waals surface area contributed by atoms with Gasteiger partial charge in [0.05, 0.1) is 11.9 Å². The lowest BCUT2D eigenvalue weighted by atomic mass is 10.1. The fourth-order valence-electron chi connectivity index (χ4n) is 2.09. The molecule has 0 aliphatic heterocycles. The minimum atomic E-state index is -0.281. The number of nitrogens with zero attached hydrogens (tertiary/aromatic N) is 2. The second-order valence-electron chi connectivity index (χ2n) is 4.89. The Morgan fingerprint density at radius 3 is 2.76 bits per heavy atom. The Morgan fingerprint density at radius 1 is 1.33 bits per heavy atom. The summed E-state index contributed by atoms with van der Waals surface area (Å²) >= 11 is 0. The number of aryl methyl sites for hydroxylation is 1. The van der Waals surface area contributed by atoms with E-state index in [1.165, 1.54) is 0 Å². The Morgan fingerprint density at radius 2 is 2.10 bits per heavy atom. The van der Waals surface area contributed by atoms with E-state index >= 15 is 0 Å². The van der Waals surface area contributed by atoms with Crippen LogP contribution in [0.2, 0.25) is 0 Å². The quantitative estimate of drug-likeness (QED) is 0.792. The van der Waals surface area contributed by atoms with E-state index in [4.69, 9.17) is 0 Å². The maximum Gasteiger partial charge on any atom is 0.323 e. The fourth-order valence-corrected chi connectivity index (χ4v) is 2.09. The van der Waals surface area contributed by atoms with Crippen LogP contribution in [0.1, 0.15) is 25.5 Å². The summed E-state index contributed by atoms with van der Waals surface area (Å²) in [7, 11) is 1.80. The van der Waals surface area contributed by atoms with Gasteiger partial charge in [0.25, 0.3) is 0 Å². The smallest absolute Gasteiger partial charge is 0.310 e. The van der Waals surface area contributed by atoms with Crippen LogP contribution in [0.4, 0.5) is 16.2 Å². The van der Waals surface area contributed by atoms with Crippen molar-refractivity contribution in [2.24, 2.45) is 7.05 Å². The van der Waals surface area contributed by atoms with Crippen LogP contribution in [-0.2, 0) is 7.05 Å². The van der Waals surface area contributed by atoms with Crippen molar-refractivity contribution < 1.29 is 4.79 Å². The van der Waals surface area contributed by atoms with Gasteiger partial charge in [0.2, 0.25) is 0 Å². The van der Waals surface area contributed by atoms with Crippen LogP contribution in [-0.4, -0.2) is 22.4 Å². The molecule has 0 spiro atoms. The molecule has 6 nitrogen and oxygen atoms in total. The lowest BCUT2D eigenvalue weighted by molar-refractivity contribution is 0.262. The lowest BCUT2D eigenvalue weighted by Crippen LogP contribution is -2.20. The normalized spacial score (nSPS) is 12.0. The summed E-state index contributed by atoms with van der Waals surface area (Å²) < 4.78 is 1.63. The first kappa shape index (κ1) is 15.1. The molecule has 0 saturated carbocycles. The van der Waals surface area contributed by atoms with E-state index in [1.807, 2.05) is 24.3 Å². The zero-order valence-corrected chi connectivity index (χ0v) is 12.6. The van der Waals surface area contributed by atoms with Crippen molar-refractivity contribution in [1.29, 1.82) is 0 Å². The van der Waals surface area contributed by atoms with Crippen molar-refractivity contribution in [2.45, 2.75) is 19.9 Å². The number of urea groups is 1. The van der Waals surface area contributed by atoms with E-state index in [1.54, 1.807) is 24.1 Å². The van der Waals surface area contributed by atoms with Crippen LogP contribution >= 0.6 is 0 Å². The molecule has 1 aromatic carbocycles. The molecule has 2 aromatic rings. The molecule has 112 valence electrons. The highest BCUT2D eigenvalue weighted by atomic mass is 16.2. The van der Waals surface area contributed by atoms with Gasteiger partial charge in [-0.3, -0.25) is 4.68 Å². The van der Waals surface area contributed by atoms with Crippen LogP contribution in [0, 0.1) is 0 Å². The summed E-state index contributed by atoms with van der Waals surface area (Å²) in [5, 5.41) is 12.9. The molecule has 6 heteroatoms. The molecular formula is C15H21N5O. The van der Waals surface area contributed by atoms with Gasteiger partial charge in [0.1, 0.15) is 0 Å². The van der Waals surface area contributed by atoms with Crippen molar-refractivity contribution in [1.82, 2.24) is 15.1 Å². The summed E-state index contributed by atoms with van der Waals surface area (Å²) in [6.45, 7) is 5.07. The maximum atomic E-state index is 11.9. The number of carbonyl (C=O) groups is 1. The Balaban J connectivity index is 1.99. The van der Waals surface area contributed by atoms with Crippen LogP contribution in [0.15, 0.2) is 36.7 Å². The van der Waals surface area contributed by atoms with Gasteiger partial charge in [-0.15, -0.1) is 0 Å². The third kappa shape index (κ3) is 4.32. The van der Waals surface area contributed by atoms with Gasteiger partial charge in [-0.05, 0) is 31.2 Å². The first-order valence-electron chi connectivity index (χ1n) is 6.98. The fraction of sp³-hybridized carbons (Fsp3) is 0.333. The van der Waals surface area contributed by atoms with Gasteiger partial charge in [0.15, 0.2) is 0 Å². The molecule has 1 aromatic heterocycles. The molecule has 0 fully saturated rings. The monoisotopic (exact) mass is 287 g/mol. The van der Waals surface area contributed by atoms with E-state index < -0.39 is 0 Å². The summed E-state index contributed by atoms with van der Waals surface area (Å²) in [6.07, 6.45) is 3.34. The summed E-state index contributed by atoms with van der Waals surface area (Å²) in [5.74, 6) is 0. The molecule has 0 radical (unpaired) electrons. The predicted octanol–water partition coefficient (Wildman–Crippen LogP) is 2.73. The number of amides is 2. The third-order valence-electron chi connectivity index (χ3n) is 3.12. The van der Waals surface area contributed by atoms with Crippen molar-refractivity contribution in [2.75, 3.05) is 17.2 Å². The Labute approximate surface area is 124 Å². The van der Waals surface area contributed by atoms with E-state index in [-0.39, 0.29) is 12.1 Å². The van der Waals surface area contributed by atoms with Crippen molar-refractivity contribution in [3.63, 3.8) is 0 Å². The third-order valence-corrected chi connectivity index (χ3v) is 3.12. The second-order valence-corrected chi connectivity index (χ2v) is 4.89. The molecule has 1 atom stereocenters. The summed E-state index contributed by atoms with van der Waals surface area (Å²) in [5.41, 5.74) is 2.56. The van der Waals surface area contributed by atoms with Gasteiger partial charge in [0, 0.05) is 25.0 Å². The lowest BCUT2D eigenvalue weighted by Gasteiger charge is -2.14. The minimum Gasteiger partial charge on any atom is -0.310 e. The molecule has 0 saturated heterocycles. The van der Waals surface area contributed by atoms with Crippen LogP contribution in [0.25, 0.3) is 0 Å². The molecule has 0 bridgehead atoms. The Kier molecular flexibility index (Phi) is 4.94. The Bertz CT molecular complexity index is 608. The van der Waals surface area contributed by atoms with Crippen LogP contribution in [0.5, 0.6) is 0 Å². The number of carbonyl (C=O) groups excluding carboxylic acids is 1. The van der Waals surface area contributed by atoms with E-state index in [0.717, 1.165) is 17.8 Å². The zero-order valence-electron chi connectivity index (χ0n) is 12.6. The van der Waals surface area contributed by atoms with Gasteiger partial charge < -0.3 is 16.0 Å². The highest BCUT2D eigenvalue weighted by Gasteiger charge is 2.07. The molecule has 2 rings (SSSR count). The number of benzene rings is 1. The van der Waals surface area contributed by atoms with Gasteiger partial charge in [-0.2, -0.15) is 5.10 Å². The first-order valence-corrected chi connectivity index (χ1v) is 6.98. The van der Waals surface area contributed by atoms with Crippen LogP contribution < -0.4 is 16.0 Å². The van der Waals surface area contributed by atoms with Crippen molar-refractivity contribution in [3.05, 3.63) is 42.2 Å². The highest BCUT2D eigenvalue weighted by Crippen LogP contribution is 2.17. The zero-order chi connectivity index (χ0) is 15.2. The molecule has 1 heterocycles. The second kappa shape index (κ2) is 6.90. The van der Waals surface area contributed by atoms with Crippen molar-refractivity contribution >= 4 is 17.4 Å². The predicted molar refractivity (Wildman–Crippen MR) is 84.4 cm³/mol. The average Bonchev–Trinajstić information content (AvgIpc) is 2.84. The number of nitrogens with one attached hydrogen (secondary N) is 3. The van der Waals surface area contributed by atoms with E-state index in [2.05, 4.69) is 34.9 Å². The molecule has 2 amide bonds. The Hall–Kier alpha value is -2.34. The largest absolute Gasteiger partial charge is 0.323 e. The molecule has 21 heavy (non-hydrogen) atoms. The minimum absolute atomic E-state index is 0.248. The highest BCUT2D eigenvalue weighted by molar-refractivity contribution is 5.99. The molecule has 0 aliphatic rings. The maximum absolute atomic E-state index is 11.9.